The second-order valence-corrected chi connectivity index (χ2v) is 6.13. The van der Waals surface area contributed by atoms with Crippen molar-refractivity contribution in [1.82, 2.24) is 10.3 Å². The van der Waals surface area contributed by atoms with E-state index in [0.717, 1.165) is 5.69 Å². The Labute approximate surface area is 139 Å². The number of benzene rings is 1. The summed E-state index contributed by atoms with van der Waals surface area (Å²) in [5.74, 6) is 0.218. The van der Waals surface area contributed by atoms with Crippen molar-refractivity contribution in [3.8, 4) is 0 Å². The van der Waals surface area contributed by atoms with Gasteiger partial charge in [0.15, 0.2) is 0 Å². The highest BCUT2D eigenvalue weighted by molar-refractivity contribution is 6.35. The minimum Gasteiger partial charge on any atom is -0.353 e. The average Bonchev–Trinajstić information content (AvgIpc) is 2.49. The van der Waals surface area contributed by atoms with Gasteiger partial charge in [0, 0.05) is 11.6 Å². The molecule has 0 saturated heterocycles. The van der Waals surface area contributed by atoms with Crippen molar-refractivity contribution in [2.75, 3.05) is 11.9 Å². The molecule has 116 valence electrons. The average molecular weight is 338 g/mol. The molecule has 0 fully saturated rings. The largest absolute Gasteiger partial charge is 0.353 e. The molecule has 2 N–H and O–H groups in total. The topological polar surface area (TPSA) is 54.0 Å². The number of halogens is 2. The molecule has 0 unspecified atom stereocenters. The lowest BCUT2D eigenvalue weighted by Crippen LogP contribution is -2.27. The summed E-state index contributed by atoms with van der Waals surface area (Å²) in [6.45, 7) is 4.70. The number of hydrogen-bond acceptors (Lipinski definition) is 3. The molecule has 0 aliphatic rings. The Balaban J connectivity index is 2.05. The Bertz CT molecular complexity index is 657. The van der Waals surface area contributed by atoms with Gasteiger partial charge in [0.05, 0.1) is 22.6 Å². The predicted octanol–water partition coefficient (Wildman–Crippen LogP) is 4.52. The van der Waals surface area contributed by atoms with Crippen LogP contribution in [0.5, 0.6) is 0 Å². The molecule has 0 aliphatic carbocycles. The highest BCUT2D eigenvalue weighted by Gasteiger charge is 2.08. The number of nitrogens with zero attached hydrogens (tertiary/aromatic N) is 1. The normalized spacial score (nSPS) is 10.6. The fourth-order valence-corrected chi connectivity index (χ4v) is 2.08. The molecule has 0 aliphatic heterocycles. The van der Waals surface area contributed by atoms with E-state index in [-0.39, 0.29) is 5.91 Å². The SMILES string of the molecule is CC(C)CNC(=O)c1ccc(Nc2cc(Cl)ccc2Cl)cn1. The fourth-order valence-electron chi connectivity index (χ4n) is 1.74. The van der Waals surface area contributed by atoms with Gasteiger partial charge in [-0.15, -0.1) is 0 Å². The second kappa shape index (κ2) is 7.47. The van der Waals surface area contributed by atoms with E-state index in [1.165, 1.54) is 0 Å². The molecular weight excluding hydrogens is 321 g/mol. The summed E-state index contributed by atoms with van der Waals surface area (Å²) in [7, 11) is 0. The second-order valence-electron chi connectivity index (χ2n) is 5.29. The third-order valence-electron chi connectivity index (χ3n) is 2.87. The molecule has 2 rings (SSSR count). The van der Waals surface area contributed by atoms with Crippen LogP contribution >= 0.6 is 23.2 Å². The van der Waals surface area contributed by atoms with Crippen LogP contribution in [0.15, 0.2) is 36.5 Å². The van der Waals surface area contributed by atoms with Crippen LogP contribution in [-0.4, -0.2) is 17.4 Å². The molecule has 0 atom stereocenters. The first kappa shape index (κ1) is 16.6. The van der Waals surface area contributed by atoms with Crippen molar-refractivity contribution in [3.63, 3.8) is 0 Å². The maximum atomic E-state index is 11.9. The van der Waals surface area contributed by atoms with E-state index in [4.69, 9.17) is 23.2 Å². The summed E-state index contributed by atoms with van der Waals surface area (Å²) >= 11 is 12.0. The van der Waals surface area contributed by atoms with Crippen LogP contribution in [0.1, 0.15) is 24.3 Å². The van der Waals surface area contributed by atoms with E-state index in [9.17, 15) is 4.79 Å². The Morgan fingerprint density at radius 1 is 1.23 bits per heavy atom. The van der Waals surface area contributed by atoms with Crippen LogP contribution in [0.3, 0.4) is 0 Å². The smallest absolute Gasteiger partial charge is 0.269 e. The number of rotatable bonds is 5. The van der Waals surface area contributed by atoms with Crippen molar-refractivity contribution < 1.29 is 4.79 Å². The summed E-state index contributed by atoms with van der Waals surface area (Å²) in [6, 6.07) is 8.60. The van der Waals surface area contributed by atoms with Gasteiger partial charge in [-0.3, -0.25) is 4.79 Å². The van der Waals surface area contributed by atoms with E-state index in [1.807, 2.05) is 13.8 Å². The summed E-state index contributed by atoms with van der Waals surface area (Å²) in [5.41, 5.74) is 1.79. The number of anilines is 2. The molecule has 1 amide bonds. The molecule has 1 aromatic heterocycles. The summed E-state index contributed by atoms with van der Waals surface area (Å²) in [5, 5.41) is 7.09. The minimum atomic E-state index is -0.180. The Kier molecular flexibility index (Phi) is 5.63. The van der Waals surface area contributed by atoms with Gasteiger partial charge in [0.2, 0.25) is 0 Å². The lowest BCUT2D eigenvalue weighted by molar-refractivity contribution is 0.0944. The molecule has 0 radical (unpaired) electrons. The van der Waals surface area contributed by atoms with Gasteiger partial charge in [0.1, 0.15) is 5.69 Å². The van der Waals surface area contributed by atoms with E-state index in [1.54, 1.807) is 36.5 Å². The van der Waals surface area contributed by atoms with Crippen molar-refractivity contribution in [1.29, 1.82) is 0 Å². The van der Waals surface area contributed by atoms with Gasteiger partial charge < -0.3 is 10.6 Å². The number of nitrogens with one attached hydrogen (secondary N) is 2. The van der Waals surface area contributed by atoms with Crippen molar-refractivity contribution in [3.05, 3.63) is 52.3 Å². The first-order valence-corrected chi connectivity index (χ1v) is 7.67. The minimum absolute atomic E-state index is 0.180. The van der Waals surface area contributed by atoms with Crippen molar-refractivity contribution in [2.24, 2.45) is 5.92 Å². The van der Waals surface area contributed by atoms with Gasteiger partial charge in [-0.05, 0) is 36.2 Å². The van der Waals surface area contributed by atoms with Crippen molar-refractivity contribution in [2.45, 2.75) is 13.8 Å². The van der Waals surface area contributed by atoms with E-state index in [2.05, 4.69) is 15.6 Å². The van der Waals surface area contributed by atoms with Crippen LogP contribution in [0.4, 0.5) is 11.4 Å². The molecule has 6 heteroatoms. The molecule has 0 spiro atoms. The third-order valence-corrected chi connectivity index (χ3v) is 3.44. The van der Waals surface area contributed by atoms with E-state index in [0.29, 0.717) is 33.9 Å². The molecule has 1 aromatic carbocycles. The predicted molar refractivity (Wildman–Crippen MR) is 91.2 cm³/mol. The van der Waals surface area contributed by atoms with Gasteiger partial charge >= 0.3 is 0 Å². The Morgan fingerprint density at radius 3 is 2.64 bits per heavy atom. The van der Waals surface area contributed by atoms with Crippen molar-refractivity contribution >= 4 is 40.5 Å². The number of aromatic nitrogens is 1. The van der Waals surface area contributed by atoms with Gasteiger partial charge in [-0.1, -0.05) is 37.0 Å². The standard InChI is InChI=1S/C16H17Cl2N3O/c1-10(2)8-20-16(22)14-6-4-12(9-19-14)21-15-7-11(17)3-5-13(15)18/h3-7,9-10,21H,8H2,1-2H3,(H,20,22). The van der Waals surface area contributed by atoms with Crippen LogP contribution < -0.4 is 10.6 Å². The zero-order valence-electron chi connectivity index (χ0n) is 12.4. The van der Waals surface area contributed by atoms with Crippen LogP contribution in [0.2, 0.25) is 10.0 Å². The van der Waals surface area contributed by atoms with Gasteiger partial charge in [-0.2, -0.15) is 0 Å². The third kappa shape index (κ3) is 4.61. The molecule has 4 nitrogen and oxygen atoms in total. The zero-order valence-corrected chi connectivity index (χ0v) is 13.9. The number of pyridine rings is 1. The molecule has 1 heterocycles. The highest BCUT2D eigenvalue weighted by Crippen LogP contribution is 2.28. The monoisotopic (exact) mass is 337 g/mol. The Morgan fingerprint density at radius 2 is 2.00 bits per heavy atom. The maximum absolute atomic E-state index is 11.9. The number of carbonyl (C=O) groups excluding carboxylic acids is 1. The lowest BCUT2D eigenvalue weighted by Gasteiger charge is -2.10. The summed E-state index contributed by atoms with van der Waals surface area (Å²) in [6.07, 6.45) is 1.58. The lowest BCUT2D eigenvalue weighted by atomic mass is 10.2. The Hall–Kier alpha value is -1.78. The first-order valence-electron chi connectivity index (χ1n) is 6.92. The number of carbonyl (C=O) groups is 1. The zero-order chi connectivity index (χ0) is 16.1. The molecule has 22 heavy (non-hydrogen) atoms. The molecule has 0 saturated carbocycles. The number of amides is 1. The maximum Gasteiger partial charge on any atom is 0.269 e. The van der Waals surface area contributed by atoms with Crippen LogP contribution in [-0.2, 0) is 0 Å². The van der Waals surface area contributed by atoms with Crippen LogP contribution in [0, 0.1) is 5.92 Å². The van der Waals surface area contributed by atoms with E-state index < -0.39 is 0 Å². The summed E-state index contributed by atoms with van der Waals surface area (Å²) in [4.78, 5) is 16.0. The van der Waals surface area contributed by atoms with Gasteiger partial charge in [-0.25, -0.2) is 4.98 Å². The fraction of sp³-hybridized carbons (Fsp3) is 0.250. The molecule has 2 aromatic rings. The highest BCUT2D eigenvalue weighted by atomic mass is 35.5. The summed E-state index contributed by atoms with van der Waals surface area (Å²) < 4.78 is 0. The molecule has 0 bridgehead atoms. The van der Waals surface area contributed by atoms with Gasteiger partial charge in [0.25, 0.3) is 5.91 Å². The quantitative estimate of drug-likeness (QED) is 0.843. The molecular formula is C16H17Cl2N3O. The van der Waals surface area contributed by atoms with Crippen LogP contribution in [0.25, 0.3) is 0 Å². The van der Waals surface area contributed by atoms with E-state index >= 15 is 0 Å². The first-order chi connectivity index (χ1) is 10.5. The number of hydrogen-bond donors (Lipinski definition) is 2.